The van der Waals surface area contributed by atoms with E-state index in [4.69, 9.17) is 14.9 Å². The average Bonchev–Trinajstić information content (AvgIpc) is 2.25. The van der Waals surface area contributed by atoms with E-state index in [1.165, 1.54) is 6.07 Å². The van der Waals surface area contributed by atoms with Crippen LogP contribution in [0.2, 0.25) is 0 Å². The first kappa shape index (κ1) is 12.5. The minimum atomic E-state index is -0.976. The van der Waals surface area contributed by atoms with Crippen molar-refractivity contribution in [1.29, 1.82) is 0 Å². The Bertz CT molecular complexity index is 371. The van der Waals surface area contributed by atoms with Crippen LogP contribution >= 0.6 is 0 Å². The van der Waals surface area contributed by atoms with Gasteiger partial charge in [0, 0.05) is 0 Å². The molecule has 1 rings (SSSR count). The fraction of sp³-hybridized carbons (Fsp3) is 0.417. The Morgan fingerprint density at radius 1 is 1.38 bits per heavy atom. The van der Waals surface area contributed by atoms with Crippen LogP contribution in [-0.4, -0.2) is 29.4 Å². The molecule has 88 valence electrons. The number of carboxylic acids is 1. The summed E-state index contributed by atoms with van der Waals surface area (Å²) in [5, 5.41) is 17.6. The summed E-state index contributed by atoms with van der Waals surface area (Å²) in [4.78, 5) is 10.9. The maximum absolute atomic E-state index is 10.9. The van der Waals surface area contributed by atoms with Crippen LogP contribution in [0.3, 0.4) is 0 Å². The molecule has 0 amide bonds. The molecule has 0 bridgehead atoms. The van der Waals surface area contributed by atoms with Crippen LogP contribution in [0.15, 0.2) is 18.2 Å². The SMILES string of the molecule is CC(C)c1cc(OCCO)cc(C(=O)O)c1. The summed E-state index contributed by atoms with van der Waals surface area (Å²) in [5.41, 5.74) is 1.12. The van der Waals surface area contributed by atoms with E-state index >= 15 is 0 Å². The second-order valence-corrected chi connectivity index (χ2v) is 3.82. The Balaban J connectivity index is 3.03. The Labute approximate surface area is 94.5 Å². The molecule has 0 saturated heterocycles. The first-order valence-electron chi connectivity index (χ1n) is 5.16. The van der Waals surface area contributed by atoms with E-state index in [0.717, 1.165) is 5.56 Å². The van der Waals surface area contributed by atoms with Crippen LogP contribution in [0.5, 0.6) is 5.75 Å². The van der Waals surface area contributed by atoms with Gasteiger partial charge in [0.05, 0.1) is 12.2 Å². The first-order chi connectivity index (χ1) is 7.54. The van der Waals surface area contributed by atoms with Crippen LogP contribution in [-0.2, 0) is 0 Å². The van der Waals surface area contributed by atoms with E-state index in [0.29, 0.717) is 5.75 Å². The average molecular weight is 224 g/mol. The van der Waals surface area contributed by atoms with E-state index in [1.807, 2.05) is 13.8 Å². The van der Waals surface area contributed by atoms with Gasteiger partial charge < -0.3 is 14.9 Å². The lowest BCUT2D eigenvalue weighted by atomic mass is 10.0. The van der Waals surface area contributed by atoms with Crippen molar-refractivity contribution in [2.45, 2.75) is 19.8 Å². The molecule has 4 nitrogen and oxygen atoms in total. The van der Waals surface area contributed by atoms with Gasteiger partial charge in [-0.15, -0.1) is 0 Å². The minimum Gasteiger partial charge on any atom is -0.491 e. The smallest absolute Gasteiger partial charge is 0.335 e. The summed E-state index contributed by atoms with van der Waals surface area (Å²) in [6.45, 7) is 4.04. The lowest BCUT2D eigenvalue weighted by molar-refractivity contribution is 0.0696. The minimum absolute atomic E-state index is 0.0890. The van der Waals surface area contributed by atoms with Gasteiger partial charge in [-0.05, 0) is 29.7 Å². The lowest BCUT2D eigenvalue weighted by Crippen LogP contribution is -2.05. The van der Waals surface area contributed by atoms with Crippen molar-refractivity contribution in [3.8, 4) is 5.75 Å². The molecule has 1 aromatic carbocycles. The van der Waals surface area contributed by atoms with Crippen molar-refractivity contribution in [2.24, 2.45) is 0 Å². The highest BCUT2D eigenvalue weighted by molar-refractivity contribution is 5.88. The third kappa shape index (κ3) is 3.24. The predicted octanol–water partition coefficient (Wildman–Crippen LogP) is 1.88. The molecule has 0 unspecified atom stereocenters. The van der Waals surface area contributed by atoms with Crippen LogP contribution in [0.1, 0.15) is 35.7 Å². The van der Waals surface area contributed by atoms with Gasteiger partial charge >= 0.3 is 5.97 Å². The molecule has 16 heavy (non-hydrogen) atoms. The van der Waals surface area contributed by atoms with Gasteiger partial charge in [0.2, 0.25) is 0 Å². The maximum Gasteiger partial charge on any atom is 0.335 e. The monoisotopic (exact) mass is 224 g/mol. The number of aliphatic hydroxyl groups excluding tert-OH is 1. The van der Waals surface area contributed by atoms with E-state index in [2.05, 4.69) is 0 Å². The topological polar surface area (TPSA) is 66.8 Å². The number of benzene rings is 1. The maximum atomic E-state index is 10.9. The molecule has 0 aliphatic carbocycles. The number of carbonyl (C=O) groups is 1. The molecule has 4 heteroatoms. The van der Waals surface area contributed by atoms with Crippen molar-refractivity contribution >= 4 is 5.97 Å². The fourth-order valence-corrected chi connectivity index (χ4v) is 1.33. The van der Waals surface area contributed by atoms with Crippen molar-refractivity contribution in [2.75, 3.05) is 13.2 Å². The molecule has 0 aliphatic heterocycles. The third-order valence-corrected chi connectivity index (χ3v) is 2.20. The van der Waals surface area contributed by atoms with Crippen molar-refractivity contribution in [3.05, 3.63) is 29.3 Å². The highest BCUT2D eigenvalue weighted by Gasteiger charge is 2.09. The quantitative estimate of drug-likeness (QED) is 0.801. The molecule has 0 aliphatic rings. The van der Waals surface area contributed by atoms with Gasteiger partial charge in [-0.2, -0.15) is 0 Å². The van der Waals surface area contributed by atoms with Crippen molar-refractivity contribution < 1.29 is 19.7 Å². The van der Waals surface area contributed by atoms with Gasteiger partial charge in [0.15, 0.2) is 0 Å². The standard InChI is InChI=1S/C12H16O4/c1-8(2)9-5-10(12(14)15)7-11(6-9)16-4-3-13/h5-8,13H,3-4H2,1-2H3,(H,14,15). The summed E-state index contributed by atoms with van der Waals surface area (Å²) in [7, 11) is 0. The Hall–Kier alpha value is -1.55. The van der Waals surface area contributed by atoms with Crippen LogP contribution in [0.4, 0.5) is 0 Å². The zero-order valence-corrected chi connectivity index (χ0v) is 9.43. The predicted molar refractivity (Wildman–Crippen MR) is 60.1 cm³/mol. The summed E-state index contributed by atoms with van der Waals surface area (Å²) in [5.74, 6) is -0.259. The highest BCUT2D eigenvalue weighted by atomic mass is 16.5. The number of carboxylic acid groups (broad SMARTS) is 1. The van der Waals surface area contributed by atoms with Gasteiger partial charge in [0.1, 0.15) is 12.4 Å². The molecular formula is C12H16O4. The Morgan fingerprint density at radius 3 is 2.56 bits per heavy atom. The summed E-state index contributed by atoms with van der Waals surface area (Å²) in [6, 6.07) is 4.90. The van der Waals surface area contributed by atoms with E-state index in [9.17, 15) is 4.79 Å². The van der Waals surface area contributed by atoms with Gasteiger partial charge in [-0.1, -0.05) is 13.8 Å². The molecule has 0 saturated carbocycles. The van der Waals surface area contributed by atoms with Gasteiger partial charge in [0.25, 0.3) is 0 Å². The second-order valence-electron chi connectivity index (χ2n) is 3.82. The number of ether oxygens (including phenoxy) is 1. The van der Waals surface area contributed by atoms with Crippen LogP contribution < -0.4 is 4.74 Å². The van der Waals surface area contributed by atoms with Gasteiger partial charge in [-0.25, -0.2) is 4.79 Å². The summed E-state index contributed by atoms with van der Waals surface area (Å²) in [6.07, 6.45) is 0. The number of hydrogen-bond acceptors (Lipinski definition) is 3. The van der Waals surface area contributed by atoms with E-state index in [1.54, 1.807) is 12.1 Å². The summed E-state index contributed by atoms with van der Waals surface area (Å²) < 4.78 is 5.22. The van der Waals surface area contributed by atoms with E-state index in [-0.39, 0.29) is 24.7 Å². The first-order valence-corrected chi connectivity index (χ1v) is 5.16. The van der Waals surface area contributed by atoms with Crippen LogP contribution in [0, 0.1) is 0 Å². The lowest BCUT2D eigenvalue weighted by Gasteiger charge is -2.11. The number of rotatable bonds is 5. The molecule has 0 radical (unpaired) electrons. The molecule has 0 atom stereocenters. The van der Waals surface area contributed by atoms with Crippen molar-refractivity contribution in [3.63, 3.8) is 0 Å². The summed E-state index contributed by atoms with van der Waals surface area (Å²) >= 11 is 0. The van der Waals surface area contributed by atoms with Crippen LogP contribution in [0.25, 0.3) is 0 Å². The molecule has 2 N–H and O–H groups in total. The molecule has 0 aromatic heterocycles. The Morgan fingerprint density at radius 2 is 2.06 bits per heavy atom. The number of aromatic carboxylic acids is 1. The number of hydrogen-bond donors (Lipinski definition) is 2. The zero-order valence-electron chi connectivity index (χ0n) is 9.43. The van der Waals surface area contributed by atoms with Gasteiger partial charge in [-0.3, -0.25) is 0 Å². The molecule has 0 spiro atoms. The highest BCUT2D eigenvalue weighted by Crippen LogP contribution is 2.23. The largest absolute Gasteiger partial charge is 0.491 e. The third-order valence-electron chi connectivity index (χ3n) is 2.20. The molecule has 0 heterocycles. The molecule has 1 aromatic rings. The number of aliphatic hydroxyl groups is 1. The Kier molecular flexibility index (Phi) is 4.31. The normalized spacial score (nSPS) is 10.5. The molecular weight excluding hydrogens is 208 g/mol. The van der Waals surface area contributed by atoms with E-state index < -0.39 is 5.97 Å². The van der Waals surface area contributed by atoms with Crippen molar-refractivity contribution in [1.82, 2.24) is 0 Å². The molecule has 0 fully saturated rings. The second kappa shape index (κ2) is 5.51. The zero-order chi connectivity index (χ0) is 12.1. The fourth-order valence-electron chi connectivity index (χ4n) is 1.33.